The Morgan fingerprint density at radius 3 is 1.92 bits per heavy atom. The summed E-state index contributed by atoms with van der Waals surface area (Å²) in [5, 5.41) is 21.7. The fourth-order valence-electron chi connectivity index (χ4n) is 6.61. The lowest BCUT2D eigenvalue weighted by atomic mass is 9.88. The predicted octanol–water partition coefficient (Wildman–Crippen LogP) is 1.63. The van der Waals surface area contributed by atoms with Gasteiger partial charge in [0.2, 0.25) is 23.6 Å². The first-order valence-electron chi connectivity index (χ1n) is 18.6. The maximum absolute atomic E-state index is 14.0. The maximum atomic E-state index is 14.0. The smallest absolute Gasteiger partial charge is 0.323 e. The molecule has 3 atom stereocenters. The second kappa shape index (κ2) is 19.0. The predicted molar refractivity (Wildman–Crippen MR) is 199 cm³/mol. The fraction of sp³-hybridized carbons (Fsp3) is 0.564. The second-order valence-corrected chi connectivity index (χ2v) is 14.8. The van der Waals surface area contributed by atoms with Gasteiger partial charge < -0.3 is 42.7 Å². The average Bonchev–Trinajstić information content (AvgIpc) is 3.92. The molecule has 1 saturated heterocycles. The van der Waals surface area contributed by atoms with E-state index < -0.39 is 47.0 Å². The number of benzene rings is 2. The van der Waals surface area contributed by atoms with E-state index in [1.165, 1.54) is 0 Å². The highest BCUT2D eigenvalue weighted by molar-refractivity contribution is 5.96. The summed E-state index contributed by atoms with van der Waals surface area (Å²) in [6.45, 7) is 5.22. The number of amides is 4. The maximum Gasteiger partial charge on any atom is 0.323 e. The molecule has 0 bridgehead atoms. The Morgan fingerprint density at radius 1 is 0.788 bits per heavy atom. The largest absolute Gasteiger partial charge is 0.480 e. The van der Waals surface area contributed by atoms with Gasteiger partial charge in [0.15, 0.2) is 0 Å². The molecule has 0 spiro atoms. The molecule has 2 fully saturated rings. The summed E-state index contributed by atoms with van der Waals surface area (Å²) in [4.78, 5) is 68.6. The first-order chi connectivity index (χ1) is 24.9. The minimum absolute atomic E-state index is 0.0175. The zero-order chi connectivity index (χ0) is 37.7. The number of nitrogens with one attached hydrogen (secondary N) is 4. The molecule has 0 aromatic heterocycles. The van der Waals surface area contributed by atoms with Gasteiger partial charge in [-0.05, 0) is 81.4 Å². The van der Waals surface area contributed by atoms with E-state index in [0.29, 0.717) is 51.6 Å². The van der Waals surface area contributed by atoms with Crippen molar-refractivity contribution in [3.05, 3.63) is 71.8 Å². The molecule has 1 aliphatic carbocycles. The van der Waals surface area contributed by atoms with Crippen LogP contribution < -0.4 is 32.7 Å². The highest BCUT2D eigenvalue weighted by Crippen LogP contribution is 2.35. The molecule has 284 valence electrons. The number of likely N-dealkylation sites (tertiary alicyclic amines) is 1. The number of unbranched alkanes of at least 4 members (excludes halogenated alkanes) is 1. The number of carboxylic acids is 1. The van der Waals surface area contributed by atoms with Crippen molar-refractivity contribution in [2.75, 3.05) is 26.2 Å². The van der Waals surface area contributed by atoms with Crippen LogP contribution in [0, 0.1) is 5.92 Å². The number of hydrogen-bond donors (Lipinski definition) is 7. The molecule has 52 heavy (non-hydrogen) atoms. The molecule has 1 saturated carbocycles. The topological polar surface area (TPSA) is 209 Å². The molecule has 2 aromatic rings. The third kappa shape index (κ3) is 11.6. The van der Waals surface area contributed by atoms with Crippen LogP contribution in [0.15, 0.2) is 60.7 Å². The van der Waals surface area contributed by atoms with Gasteiger partial charge in [-0.1, -0.05) is 74.5 Å². The fourth-order valence-corrected chi connectivity index (χ4v) is 6.61. The number of nitrogens with two attached hydrogens (primary N) is 2. The van der Waals surface area contributed by atoms with Crippen molar-refractivity contribution in [3.63, 3.8) is 0 Å². The quantitative estimate of drug-likeness (QED) is 0.0991. The van der Waals surface area contributed by atoms with Crippen LogP contribution in [0.3, 0.4) is 0 Å². The molecule has 4 amide bonds. The molecule has 2 aromatic carbocycles. The van der Waals surface area contributed by atoms with Crippen molar-refractivity contribution in [2.45, 2.75) is 107 Å². The van der Waals surface area contributed by atoms with Crippen LogP contribution in [-0.4, -0.2) is 95.0 Å². The summed E-state index contributed by atoms with van der Waals surface area (Å²) in [5.74, 6) is -2.66. The summed E-state index contributed by atoms with van der Waals surface area (Å²) < 4.78 is 0. The van der Waals surface area contributed by atoms with Gasteiger partial charge in [-0.25, -0.2) is 0 Å². The van der Waals surface area contributed by atoms with Crippen LogP contribution >= 0.6 is 0 Å². The number of piperidine rings is 1. The molecular formula is C39H57N7O6. The van der Waals surface area contributed by atoms with E-state index in [-0.39, 0.29) is 50.1 Å². The standard InChI is InChI=1S/C39H57N7O6/c1-27(2)25-31(33(47)43-30(15-9-10-21-40)35(49)46-23-19-38(41,20-24-46)37(51)52)44-34(48)32(26-29-13-7-4-8-14-29)45-36(50)39(17-18-39)42-22-16-28-11-5-3-6-12-28/h3-8,11-14,27,30-32,42H,9-10,15-26,40-41H2,1-2H3,(H,43,47)(H,44,48)(H,45,50)(H,51,52)/t30-,31-,32-/m1/s1. The third-order valence-corrected chi connectivity index (χ3v) is 10.1. The highest BCUT2D eigenvalue weighted by Gasteiger charge is 2.50. The number of carbonyl (C=O) groups excluding carboxylic acids is 4. The van der Waals surface area contributed by atoms with Crippen LogP contribution in [0.4, 0.5) is 0 Å². The van der Waals surface area contributed by atoms with E-state index in [1.807, 2.05) is 74.5 Å². The van der Waals surface area contributed by atoms with Gasteiger partial charge in [-0.3, -0.25) is 24.0 Å². The van der Waals surface area contributed by atoms with E-state index in [0.717, 1.165) is 17.5 Å². The highest BCUT2D eigenvalue weighted by atomic mass is 16.4. The molecule has 1 heterocycles. The number of hydrogen-bond acceptors (Lipinski definition) is 8. The Balaban J connectivity index is 1.46. The SMILES string of the molecule is CC(C)C[C@@H](NC(=O)[C@@H](Cc1ccccc1)NC(=O)C1(NCCc2ccccc2)CC1)C(=O)N[C@H](CCCCN)C(=O)N1CCC(N)(C(=O)O)CC1. The lowest BCUT2D eigenvalue weighted by Crippen LogP contribution is -2.61. The van der Waals surface area contributed by atoms with Gasteiger partial charge in [0, 0.05) is 26.1 Å². The average molecular weight is 720 g/mol. The first kappa shape index (κ1) is 40.4. The minimum Gasteiger partial charge on any atom is -0.480 e. The van der Waals surface area contributed by atoms with Crippen molar-refractivity contribution in [1.29, 1.82) is 0 Å². The van der Waals surface area contributed by atoms with Crippen molar-refractivity contribution in [1.82, 2.24) is 26.2 Å². The summed E-state index contributed by atoms with van der Waals surface area (Å²) in [7, 11) is 0. The van der Waals surface area contributed by atoms with E-state index in [1.54, 1.807) is 4.90 Å². The third-order valence-electron chi connectivity index (χ3n) is 10.1. The number of nitrogens with zero attached hydrogens (tertiary/aromatic N) is 1. The van der Waals surface area contributed by atoms with Gasteiger partial charge >= 0.3 is 5.97 Å². The Hall–Kier alpha value is -4.33. The lowest BCUT2D eigenvalue weighted by Gasteiger charge is -2.38. The summed E-state index contributed by atoms with van der Waals surface area (Å²) in [6.07, 6.45) is 4.38. The van der Waals surface area contributed by atoms with Crippen molar-refractivity contribution in [2.24, 2.45) is 17.4 Å². The van der Waals surface area contributed by atoms with Crippen LogP contribution in [0.25, 0.3) is 0 Å². The number of aliphatic carboxylic acids is 1. The van der Waals surface area contributed by atoms with Crippen molar-refractivity contribution in [3.8, 4) is 0 Å². The van der Waals surface area contributed by atoms with Gasteiger partial charge in [0.1, 0.15) is 23.7 Å². The van der Waals surface area contributed by atoms with E-state index in [4.69, 9.17) is 11.5 Å². The van der Waals surface area contributed by atoms with Gasteiger partial charge in [-0.15, -0.1) is 0 Å². The Kier molecular flexibility index (Phi) is 14.7. The number of carboxylic acid groups (broad SMARTS) is 1. The lowest BCUT2D eigenvalue weighted by molar-refractivity contribution is -0.148. The molecular weight excluding hydrogens is 662 g/mol. The summed E-state index contributed by atoms with van der Waals surface area (Å²) in [6, 6.07) is 16.6. The molecule has 9 N–H and O–H groups in total. The number of carbonyl (C=O) groups is 5. The van der Waals surface area contributed by atoms with Gasteiger partial charge in [-0.2, -0.15) is 0 Å². The summed E-state index contributed by atoms with van der Waals surface area (Å²) in [5.41, 5.74) is 11.6. The minimum atomic E-state index is -1.40. The van der Waals surface area contributed by atoms with Crippen LogP contribution in [0.5, 0.6) is 0 Å². The Labute approximate surface area is 307 Å². The molecule has 0 unspecified atom stereocenters. The number of rotatable bonds is 20. The first-order valence-corrected chi connectivity index (χ1v) is 18.6. The van der Waals surface area contributed by atoms with Crippen molar-refractivity contribution >= 4 is 29.6 Å². The van der Waals surface area contributed by atoms with Gasteiger partial charge in [0.25, 0.3) is 0 Å². The molecule has 13 nitrogen and oxygen atoms in total. The van der Waals surface area contributed by atoms with E-state index >= 15 is 0 Å². The van der Waals surface area contributed by atoms with E-state index in [2.05, 4.69) is 21.3 Å². The molecule has 4 rings (SSSR count). The molecule has 13 heteroatoms. The van der Waals surface area contributed by atoms with Crippen LogP contribution in [0.1, 0.15) is 76.3 Å². The molecule has 2 aliphatic rings. The Bertz CT molecular complexity index is 1490. The Morgan fingerprint density at radius 2 is 1.37 bits per heavy atom. The van der Waals surface area contributed by atoms with Gasteiger partial charge in [0.05, 0.1) is 5.54 Å². The zero-order valence-corrected chi connectivity index (χ0v) is 30.6. The van der Waals surface area contributed by atoms with Crippen molar-refractivity contribution < 1.29 is 29.1 Å². The normalized spacial score (nSPS) is 17.8. The molecule has 0 radical (unpaired) electrons. The van der Waals surface area contributed by atoms with E-state index in [9.17, 15) is 29.1 Å². The van der Waals surface area contributed by atoms with Crippen LogP contribution in [-0.2, 0) is 36.8 Å². The monoisotopic (exact) mass is 719 g/mol. The van der Waals surface area contributed by atoms with Crippen LogP contribution in [0.2, 0.25) is 0 Å². The summed E-state index contributed by atoms with van der Waals surface area (Å²) >= 11 is 0. The second-order valence-electron chi connectivity index (χ2n) is 14.8. The molecule has 1 aliphatic heterocycles. The zero-order valence-electron chi connectivity index (χ0n) is 30.6.